The molecule has 0 aliphatic rings. The van der Waals surface area contributed by atoms with Crippen molar-refractivity contribution in [3.8, 4) is 5.75 Å². The lowest BCUT2D eigenvalue weighted by Gasteiger charge is -2.17. The van der Waals surface area contributed by atoms with Gasteiger partial charge in [-0.1, -0.05) is 0 Å². The molecule has 0 fully saturated rings. The first-order valence-electron chi connectivity index (χ1n) is 5.86. The third-order valence-corrected chi connectivity index (χ3v) is 2.35. The molecular formula is C13H20ClN3O3. The summed E-state index contributed by atoms with van der Waals surface area (Å²) in [6.45, 7) is 3.21. The number of carbonyl (C=O) groups excluding carboxylic acids is 2. The van der Waals surface area contributed by atoms with E-state index in [2.05, 4.69) is 10.6 Å². The SMILES string of the molecule is CNC(=O)COc1ccc(NC(=O)C(C)(C)N)cc1.Cl. The lowest BCUT2D eigenvalue weighted by Crippen LogP contribution is -2.45. The van der Waals surface area contributed by atoms with E-state index in [9.17, 15) is 9.59 Å². The molecule has 0 saturated carbocycles. The van der Waals surface area contributed by atoms with Crippen molar-refractivity contribution in [2.75, 3.05) is 19.0 Å². The quantitative estimate of drug-likeness (QED) is 0.753. The predicted octanol–water partition coefficient (Wildman–Crippen LogP) is 0.909. The molecule has 4 N–H and O–H groups in total. The molecule has 6 nitrogen and oxygen atoms in total. The van der Waals surface area contributed by atoms with Crippen LogP contribution in [-0.4, -0.2) is 31.0 Å². The second-order valence-corrected chi connectivity index (χ2v) is 4.66. The van der Waals surface area contributed by atoms with Crippen molar-refractivity contribution in [1.82, 2.24) is 5.32 Å². The topological polar surface area (TPSA) is 93.5 Å². The summed E-state index contributed by atoms with van der Waals surface area (Å²) >= 11 is 0. The van der Waals surface area contributed by atoms with Crippen molar-refractivity contribution in [1.29, 1.82) is 0 Å². The van der Waals surface area contributed by atoms with E-state index in [1.165, 1.54) is 0 Å². The Hall–Kier alpha value is -1.79. The molecule has 20 heavy (non-hydrogen) atoms. The number of halogens is 1. The number of rotatable bonds is 5. The van der Waals surface area contributed by atoms with Gasteiger partial charge in [0.15, 0.2) is 6.61 Å². The maximum absolute atomic E-state index is 11.7. The molecule has 0 atom stereocenters. The Kier molecular flexibility index (Phi) is 7.02. The van der Waals surface area contributed by atoms with Crippen LogP contribution in [0.15, 0.2) is 24.3 Å². The minimum absolute atomic E-state index is 0. The normalized spacial score (nSPS) is 10.2. The number of amides is 2. The zero-order valence-electron chi connectivity index (χ0n) is 11.7. The summed E-state index contributed by atoms with van der Waals surface area (Å²) in [6, 6.07) is 6.70. The van der Waals surface area contributed by atoms with Crippen molar-refractivity contribution in [2.24, 2.45) is 5.73 Å². The van der Waals surface area contributed by atoms with E-state index in [-0.39, 0.29) is 30.8 Å². The maximum atomic E-state index is 11.7. The molecule has 0 aliphatic heterocycles. The van der Waals surface area contributed by atoms with Gasteiger partial charge in [0, 0.05) is 12.7 Å². The number of hydrogen-bond donors (Lipinski definition) is 3. The molecule has 0 aromatic heterocycles. The number of anilines is 1. The highest BCUT2D eigenvalue weighted by Crippen LogP contribution is 2.16. The minimum Gasteiger partial charge on any atom is -0.484 e. The average molecular weight is 302 g/mol. The molecule has 1 rings (SSSR count). The fourth-order valence-electron chi connectivity index (χ4n) is 1.15. The van der Waals surface area contributed by atoms with Crippen LogP contribution in [0.3, 0.4) is 0 Å². The van der Waals surface area contributed by atoms with Gasteiger partial charge in [0.25, 0.3) is 5.91 Å². The van der Waals surface area contributed by atoms with Gasteiger partial charge in [-0.05, 0) is 38.1 Å². The first-order valence-corrected chi connectivity index (χ1v) is 5.86. The van der Waals surface area contributed by atoms with Gasteiger partial charge >= 0.3 is 0 Å². The third kappa shape index (κ3) is 5.90. The van der Waals surface area contributed by atoms with Crippen LogP contribution in [-0.2, 0) is 9.59 Å². The Morgan fingerprint density at radius 1 is 1.25 bits per heavy atom. The molecule has 1 aromatic carbocycles. The molecule has 1 aromatic rings. The van der Waals surface area contributed by atoms with E-state index < -0.39 is 5.54 Å². The van der Waals surface area contributed by atoms with Crippen molar-refractivity contribution in [3.63, 3.8) is 0 Å². The Morgan fingerprint density at radius 3 is 2.25 bits per heavy atom. The average Bonchev–Trinajstić information content (AvgIpc) is 2.36. The summed E-state index contributed by atoms with van der Waals surface area (Å²) in [5, 5.41) is 5.14. The molecule has 7 heteroatoms. The summed E-state index contributed by atoms with van der Waals surface area (Å²) in [7, 11) is 1.54. The molecule has 0 bridgehead atoms. The molecule has 0 aliphatic carbocycles. The summed E-state index contributed by atoms with van der Waals surface area (Å²) in [5.41, 5.74) is 5.36. The standard InChI is InChI=1S/C13H19N3O3.ClH/c1-13(2,14)12(18)16-9-4-6-10(7-5-9)19-8-11(17)15-3;/h4-7H,8,14H2,1-3H3,(H,15,17)(H,16,18);1H. The second kappa shape index (κ2) is 7.72. The van der Waals surface area contributed by atoms with E-state index in [0.29, 0.717) is 11.4 Å². The Morgan fingerprint density at radius 2 is 1.80 bits per heavy atom. The van der Waals surface area contributed by atoms with E-state index in [4.69, 9.17) is 10.5 Å². The monoisotopic (exact) mass is 301 g/mol. The Labute approximate surface area is 124 Å². The highest BCUT2D eigenvalue weighted by atomic mass is 35.5. The van der Waals surface area contributed by atoms with Crippen LogP contribution in [0.5, 0.6) is 5.75 Å². The van der Waals surface area contributed by atoms with Crippen molar-refractivity contribution < 1.29 is 14.3 Å². The largest absolute Gasteiger partial charge is 0.484 e. The molecule has 0 unspecified atom stereocenters. The Bertz CT molecular complexity index is 455. The number of carbonyl (C=O) groups is 2. The minimum atomic E-state index is -0.936. The van der Waals surface area contributed by atoms with Crippen LogP contribution in [0.2, 0.25) is 0 Å². The lowest BCUT2D eigenvalue weighted by molar-refractivity contribution is -0.122. The molecule has 112 valence electrons. The summed E-state index contributed by atoms with van der Waals surface area (Å²) in [5.74, 6) is 0.0717. The zero-order valence-corrected chi connectivity index (χ0v) is 12.5. The zero-order chi connectivity index (χ0) is 14.5. The van der Waals surface area contributed by atoms with Gasteiger partial charge in [-0.15, -0.1) is 12.4 Å². The van der Waals surface area contributed by atoms with Crippen LogP contribution in [0.25, 0.3) is 0 Å². The van der Waals surface area contributed by atoms with Gasteiger partial charge in [-0.3, -0.25) is 9.59 Å². The van der Waals surface area contributed by atoms with Gasteiger partial charge in [0.2, 0.25) is 5.91 Å². The van der Waals surface area contributed by atoms with Crippen molar-refractivity contribution in [3.05, 3.63) is 24.3 Å². The van der Waals surface area contributed by atoms with E-state index in [1.807, 2.05) is 0 Å². The number of nitrogens with two attached hydrogens (primary N) is 1. The highest BCUT2D eigenvalue weighted by molar-refractivity contribution is 5.97. The van der Waals surface area contributed by atoms with Crippen LogP contribution in [0.4, 0.5) is 5.69 Å². The number of hydrogen-bond acceptors (Lipinski definition) is 4. The molecule has 0 heterocycles. The summed E-state index contributed by atoms with van der Waals surface area (Å²) in [4.78, 5) is 22.7. The van der Waals surface area contributed by atoms with E-state index in [0.717, 1.165) is 0 Å². The van der Waals surface area contributed by atoms with Crippen LogP contribution in [0, 0.1) is 0 Å². The smallest absolute Gasteiger partial charge is 0.257 e. The highest BCUT2D eigenvalue weighted by Gasteiger charge is 2.21. The van der Waals surface area contributed by atoms with Gasteiger partial charge in [-0.2, -0.15) is 0 Å². The summed E-state index contributed by atoms with van der Waals surface area (Å²) < 4.78 is 5.24. The maximum Gasteiger partial charge on any atom is 0.257 e. The first kappa shape index (κ1) is 18.2. The predicted molar refractivity (Wildman–Crippen MR) is 80.1 cm³/mol. The molecule has 0 saturated heterocycles. The van der Waals surface area contributed by atoms with Crippen LogP contribution in [0.1, 0.15) is 13.8 Å². The molecule has 0 spiro atoms. The number of benzene rings is 1. The van der Waals surface area contributed by atoms with Crippen LogP contribution >= 0.6 is 12.4 Å². The third-order valence-electron chi connectivity index (χ3n) is 2.35. The van der Waals surface area contributed by atoms with Crippen molar-refractivity contribution >= 4 is 29.9 Å². The fourth-order valence-corrected chi connectivity index (χ4v) is 1.15. The lowest BCUT2D eigenvalue weighted by atomic mass is 10.1. The molecular weight excluding hydrogens is 282 g/mol. The van der Waals surface area contributed by atoms with Crippen LogP contribution < -0.4 is 21.1 Å². The number of nitrogens with one attached hydrogen (secondary N) is 2. The van der Waals surface area contributed by atoms with Gasteiger partial charge in [-0.25, -0.2) is 0 Å². The van der Waals surface area contributed by atoms with E-state index in [1.54, 1.807) is 45.2 Å². The van der Waals surface area contributed by atoms with Gasteiger partial charge in [0.1, 0.15) is 5.75 Å². The van der Waals surface area contributed by atoms with E-state index >= 15 is 0 Å². The van der Waals surface area contributed by atoms with Gasteiger partial charge in [0.05, 0.1) is 5.54 Å². The number of likely N-dealkylation sites (N-methyl/N-ethyl adjacent to an activating group) is 1. The molecule has 0 radical (unpaired) electrons. The Balaban J connectivity index is 0.00000361. The summed E-state index contributed by atoms with van der Waals surface area (Å²) in [6.07, 6.45) is 0. The van der Waals surface area contributed by atoms with Gasteiger partial charge < -0.3 is 21.1 Å². The first-order chi connectivity index (χ1) is 8.82. The molecule has 2 amide bonds. The second-order valence-electron chi connectivity index (χ2n) is 4.66. The number of ether oxygens (including phenoxy) is 1. The fraction of sp³-hybridized carbons (Fsp3) is 0.385. The van der Waals surface area contributed by atoms with Crippen molar-refractivity contribution in [2.45, 2.75) is 19.4 Å².